The van der Waals surface area contributed by atoms with Crippen molar-refractivity contribution in [2.24, 2.45) is 0 Å². The summed E-state index contributed by atoms with van der Waals surface area (Å²) in [4.78, 5) is 27.3. The van der Waals surface area contributed by atoms with Crippen molar-refractivity contribution in [1.29, 1.82) is 0 Å². The average Bonchev–Trinajstić information content (AvgIpc) is 3.05. The van der Waals surface area contributed by atoms with Gasteiger partial charge in [-0.3, -0.25) is 4.79 Å². The van der Waals surface area contributed by atoms with E-state index in [2.05, 4.69) is 4.90 Å². The van der Waals surface area contributed by atoms with Crippen LogP contribution in [0.2, 0.25) is 0 Å². The smallest absolute Gasteiger partial charge is 0.330 e. The molecule has 5 heteroatoms. The minimum absolute atomic E-state index is 0.234. The van der Waals surface area contributed by atoms with Crippen LogP contribution in [0.5, 0.6) is 0 Å². The topological polar surface area (TPSA) is 60.9 Å². The van der Waals surface area contributed by atoms with Crippen molar-refractivity contribution >= 4 is 17.6 Å². The van der Waals surface area contributed by atoms with Crippen LogP contribution in [0.4, 0.5) is 5.69 Å². The molecule has 0 unspecified atom stereocenters. The maximum Gasteiger partial charge on any atom is 0.330 e. The lowest BCUT2D eigenvalue weighted by molar-refractivity contribution is -0.140. The Morgan fingerprint density at radius 1 is 1.05 bits per heavy atom. The third-order valence-corrected chi connectivity index (χ3v) is 4.31. The van der Waals surface area contributed by atoms with Gasteiger partial charge < -0.3 is 14.9 Å². The van der Waals surface area contributed by atoms with Crippen LogP contribution in [0, 0.1) is 0 Å². The Hall–Kier alpha value is -2.30. The van der Waals surface area contributed by atoms with Gasteiger partial charge in [-0.05, 0) is 43.5 Å². The summed E-state index contributed by atoms with van der Waals surface area (Å²) in [6.07, 6.45) is 6.98. The molecule has 1 aromatic carbocycles. The lowest BCUT2D eigenvalue weighted by Crippen LogP contribution is -2.40. The first-order valence-electron chi connectivity index (χ1n) is 7.72. The molecule has 3 rings (SSSR count). The number of carbonyl (C=O) groups excluding carboxylic acids is 1. The van der Waals surface area contributed by atoms with Gasteiger partial charge in [0.15, 0.2) is 0 Å². The standard InChI is InChI=1S/C17H20N2O3/c20-16(19-12-4-5-15(19)17(21)22)13-6-8-14(9-7-13)18-10-2-1-3-11-18/h4-9,15H,1-3,10-12H2,(H,21,22)/t15-/m1/s1. The molecule has 2 aliphatic rings. The van der Waals surface area contributed by atoms with Crippen LogP contribution < -0.4 is 4.90 Å². The Morgan fingerprint density at radius 2 is 1.73 bits per heavy atom. The van der Waals surface area contributed by atoms with Crippen molar-refractivity contribution in [3.63, 3.8) is 0 Å². The van der Waals surface area contributed by atoms with Gasteiger partial charge in [-0.1, -0.05) is 12.2 Å². The molecule has 116 valence electrons. The summed E-state index contributed by atoms with van der Waals surface area (Å²) in [6.45, 7) is 2.47. The minimum Gasteiger partial charge on any atom is -0.479 e. The molecule has 1 fully saturated rings. The first kappa shape index (κ1) is 14.6. The Labute approximate surface area is 129 Å². The normalized spacial score (nSPS) is 21.2. The van der Waals surface area contributed by atoms with Crippen LogP contribution in [0.3, 0.4) is 0 Å². The number of piperidine rings is 1. The number of carbonyl (C=O) groups is 2. The predicted octanol–water partition coefficient (Wildman–Crippen LogP) is 2.14. The Bertz CT molecular complexity index is 588. The molecule has 2 heterocycles. The molecule has 0 saturated carbocycles. The van der Waals surface area contributed by atoms with Crippen molar-refractivity contribution in [3.05, 3.63) is 42.0 Å². The van der Waals surface area contributed by atoms with E-state index < -0.39 is 12.0 Å². The first-order chi connectivity index (χ1) is 10.7. The van der Waals surface area contributed by atoms with Gasteiger partial charge in [0.1, 0.15) is 6.04 Å². The summed E-state index contributed by atoms with van der Waals surface area (Å²) in [7, 11) is 0. The number of benzene rings is 1. The molecular formula is C17H20N2O3. The molecule has 0 aliphatic carbocycles. The highest BCUT2D eigenvalue weighted by Gasteiger charge is 2.30. The fourth-order valence-corrected chi connectivity index (χ4v) is 3.08. The number of anilines is 1. The Kier molecular flexibility index (Phi) is 4.13. The zero-order valence-corrected chi connectivity index (χ0v) is 12.4. The van der Waals surface area contributed by atoms with E-state index in [-0.39, 0.29) is 5.91 Å². The maximum atomic E-state index is 12.5. The van der Waals surface area contributed by atoms with Gasteiger partial charge in [-0.2, -0.15) is 0 Å². The monoisotopic (exact) mass is 300 g/mol. The van der Waals surface area contributed by atoms with Crippen molar-refractivity contribution < 1.29 is 14.7 Å². The second-order valence-corrected chi connectivity index (χ2v) is 5.76. The van der Waals surface area contributed by atoms with E-state index >= 15 is 0 Å². The number of carboxylic acids is 1. The number of hydrogen-bond donors (Lipinski definition) is 1. The van der Waals surface area contributed by atoms with Crippen molar-refractivity contribution in [1.82, 2.24) is 4.90 Å². The first-order valence-corrected chi connectivity index (χ1v) is 7.72. The van der Waals surface area contributed by atoms with E-state index in [9.17, 15) is 9.59 Å². The SMILES string of the molecule is O=C(O)[C@H]1C=CCN1C(=O)c1ccc(N2CCCCC2)cc1. The zero-order chi connectivity index (χ0) is 15.5. The van der Waals surface area contributed by atoms with Crippen LogP contribution >= 0.6 is 0 Å². The number of carboxylic acid groups (broad SMARTS) is 1. The average molecular weight is 300 g/mol. The second-order valence-electron chi connectivity index (χ2n) is 5.76. The number of rotatable bonds is 3. The third kappa shape index (κ3) is 2.84. The van der Waals surface area contributed by atoms with E-state index in [4.69, 9.17) is 5.11 Å². The lowest BCUT2D eigenvalue weighted by atomic mass is 10.1. The van der Waals surface area contributed by atoms with Crippen molar-refractivity contribution in [2.75, 3.05) is 24.5 Å². The molecule has 1 amide bonds. The molecule has 0 bridgehead atoms. The van der Waals surface area contributed by atoms with Gasteiger partial charge in [0.25, 0.3) is 5.91 Å². The van der Waals surface area contributed by atoms with Gasteiger partial charge in [-0.15, -0.1) is 0 Å². The maximum absolute atomic E-state index is 12.5. The molecule has 1 N–H and O–H groups in total. The summed E-state index contributed by atoms with van der Waals surface area (Å²) in [6, 6.07) is 6.65. The molecule has 22 heavy (non-hydrogen) atoms. The quantitative estimate of drug-likeness (QED) is 0.869. The molecular weight excluding hydrogens is 280 g/mol. The molecule has 2 aliphatic heterocycles. The van der Waals surface area contributed by atoms with E-state index in [1.54, 1.807) is 24.3 Å². The highest BCUT2D eigenvalue weighted by Crippen LogP contribution is 2.22. The fourth-order valence-electron chi connectivity index (χ4n) is 3.08. The molecule has 1 atom stereocenters. The van der Waals surface area contributed by atoms with Gasteiger partial charge >= 0.3 is 5.97 Å². The van der Waals surface area contributed by atoms with Crippen LogP contribution in [0.25, 0.3) is 0 Å². The summed E-state index contributed by atoms with van der Waals surface area (Å²) < 4.78 is 0. The summed E-state index contributed by atoms with van der Waals surface area (Å²) in [5.74, 6) is -1.23. The summed E-state index contributed by atoms with van der Waals surface area (Å²) in [5, 5.41) is 9.14. The van der Waals surface area contributed by atoms with Gasteiger partial charge in [0.05, 0.1) is 0 Å². The van der Waals surface area contributed by atoms with E-state index in [1.165, 1.54) is 24.2 Å². The Morgan fingerprint density at radius 3 is 2.36 bits per heavy atom. The number of hydrogen-bond acceptors (Lipinski definition) is 3. The van der Waals surface area contributed by atoms with Crippen molar-refractivity contribution in [2.45, 2.75) is 25.3 Å². The fraction of sp³-hybridized carbons (Fsp3) is 0.412. The van der Waals surface area contributed by atoms with Crippen LogP contribution in [0.1, 0.15) is 29.6 Å². The number of nitrogens with zero attached hydrogens (tertiary/aromatic N) is 2. The minimum atomic E-state index is -0.993. The molecule has 0 aromatic heterocycles. The van der Waals surface area contributed by atoms with Gasteiger partial charge in [-0.25, -0.2) is 4.79 Å². The Balaban J connectivity index is 1.72. The van der Waals surface area contributed by atoms with Gasteiger partial charge in [0, 0.05) is 30.9 Å². The van der Waals surface area contributed by atoms with Crippen molar-refractivity contribution in [3.8, 4) is 0 Å². The lowest BCUT2D eigenvalue weighted by Gasteiger charge is -2.29. The largest absolute Gasteiger partial charge is 0.479 e. The van der Waals surface area contributed by atoms with Gasteiger partial charge in [0.2, 0.25) is 0 Å². The molecule has 0 radical (unpaired) electrons. The second kappa shape index (κ2) is 6.22. The van der Waals surface area contributed by atoms with Crippen LogP contribution in [-0.4, -0.2) is 47.6 Å². The van der Waals surface area contributed by atoms with E-state index in [0.717, 1.165) is 18.8 Å². The van der Waals surface area contributed by atoms with E-state index in [1.807, 2.05) is 12.1 Å². The third-order valence-electron chi connectivity index (χ3n) is 4.31. The summed E-state index contributed by atoms with van der Waals surface area (Å²) in [5.41, 5.74) is 1.67. The molecule has 1 aromatic rings. The van der Waals surface area contributed by atoms with Crippen LogP contribution in [0.15, 0.2) is 36.4 Å². The molecule has 0 spiro atoms. The molecule has 1 saturated heterocycles. The highest BCUT2D eigenvalue weighted by molar-refractivity contribution is 5.98. The number of aliphatic carboxylic acids is 1. The predicted molar refractivity (Wildman–Crippen MR) is 84.1 cm³/mol. The van der Waals surface area contributed by atoms with Crippen LogP contribution in [-0.2, 0) is 4.79 Å². The highest BCUT2D eigenvalue weighted by atomic mass is 16.4. The van der Waals surface area contributed by atoms with E-state index in [0.29, 0.717) is 12.1 Å². The molecule has 5 nitrogen and oxygen atoms in total. The summed E-state index contributed by atoms with van der Waals surface area (Å²) >= 11 is 0. The number of amides is 1. The zero-order valence-electron chi connectivity index (χ0n) is 12.4.